The van der Waals surface area contributed by atoms with Crippen LogP contribution in [0.4, 0.5) is 4.79 Å². The predicted octanol–water partition coefficient (Wildman–Crippen LogP) is 8.36. The van der Waals surface area contributed by atoms with Gasteiger partial charge in [0.05, 0.1) is 12.7 Å². The molecule has 1 atom stereocenters. The summed E-state index contributed by atoms with van der Waals surface area (Å²) in [5.41, 5.74) is 3.33. The highest BCUT2D eigenvalue weighted by Crippen LogP contribution is 2.16. The van der Waals surface area contributed by atoms with Crippen molar-refractivity contribution in [2.75, 3.05) is 19.8 Å². The average Bonchev–Trinajstić information content (AvgIpc) is 2.96. The molecule has 0 aromatic heterocycles. The molecular formula is C34H53NO4. The van der Waals surface area contributed by atoms with E-state index >= 15 is 0 Å². The fourth-order valence-corrected chi connectivity index (χ4v) is 4.76. The second kappa shape index (κ2) is 22.4. The summed E-state index contributed by atoms with van der Waals surface area (Å²) in [5.74, 6) is 0. The van der Waals surface area contributed by atoms with Crippen LogP contribution in [0.5, 0.6) is 0 Å². The van der Waals surface area contributed by atoms with Crippen molar-refractivity contribution < 1.29 is 19.4 Å². The van der Waals surface area contributed by atoms with Gasteiger partial charge in [0.15, 0.2) is 0 Å². The number of unbranched alkanes of at least 4 members (excludes halogenated alkanes) is 13. The lowest BCUT2D eigenvalue weighted by Gasteiger charge is -2.14. The summed E-state index contributed by atoms with van der Waals surface area (Å²) < 4.78 is 11.0. The molecule has 0 aliphatic rings. The van der Waals surface area contributed by atoms with E-state index in [4.69, 9.17) is 9.47 Å². The Bertz CT molecular complexity index is 857. The molecule has 2 aromatic rings. The van der Waals surface area contributed by atoms with Crippen LogP contribution in [0.25, 0.3) is 0 Å². The number of aliphatic hydroxyl groups is 1. The molecule has 0 saturated heterocycles. The van der Waals surface area contributed by atoms with Crippen LogP contribution >= 0.6 is 0 Å². The van der Waals surface area contributed by atoms with E-state index in [1.54, 1.807) is 0 Å². The van der Waals surface area contributed by atoms with Gasteiger partial charge in [-0.05, 0) is 29.5 Å². The molecule has 1 unspecified atom stereocenters. The molecular weight excluding hydrogens is 486 g/mol. The van der Waals surface area contributed by atoms with E-state index in [1.807, 2.05) is 36.4 Å². The second-order valence-corrected chi connectivity index (χ2v) is 10.7. The molecule has 0 heterocycles. The van der Waals surface area contributed by atoms with Crippen LogP contribution in [-0.2, 0) is 22.5 Å². The number of alkyl carbamates (subject to hydrolysis) is 1. The average molecular weight is 540 g/mol. The van der Waals surface area contributed by atoms with Gasteiger partial charge in [0.2, 0.25) is 0 Å². The SMILES string of the molecule is CCCCCCCCCCCCCCCCOCC(O)CNC(=O)OCc1ccccc1Cc1ccccc1. The molecule has 218 valence electrons. The summed E-state index contributed by atoms with van der Waals surface area (Å²) in [5, 5.41) is 12.7. The minimum atomic E-state index is -0.741. The maximum absolute atomic E-state index is 12.1. The van der Waals surface area contributed by atoms with Crippen LogP contribution in [0, 0.1) is 0 Å². The van der Waals surface area contributed by atoms with Gasteiger partial charge in [0.25, 0.3) is 0 Å². The number of hydrogen-bond acceptors (Lipinski definition) is 4. The molecule has 0 spiro atoms. The van der Waals surface area contributed by atoms with Crippen LogP contribution in [0.15, 0.2) is 54.6 Å². The molecule has 0 fully saturated rings. The molecule has 2 aromatic carbocycles. The summed E-state index contributed by atoms with van der Waals surface area (Å²) >= 11 is 0. The molecule has 1 amide bonds. The first-order valence-electron chi connectivity index (χ1n) is 15.5. The van der Waals surface area contributed by atoms with E-state index in [1.165, 1.54) is 89.0 Å². The Kier molecular flexibility index (Phi) is 18.9. The summed E-state index contributed by atoms with van der Waals surface area (Å²) in [6.07, 6.45) is 18.1. The molecule has 39 heavy (non-hydrogen) atoms. The summed E-state index contributed by atoms with van der Waals surface area (Å²) in [4.78, 5) is 12.1. The van der Waals surface area contributed by atoms with Gasteiger partial charge in [-0.1, -0.05) is 145 Å². The third-order valence-electron chi connectivity index (χ3n) is 7.15. The fourth-order valence-electron chi connectivity index (χ4n) is 4.76. The Morgan fingerprint density at radius 2 is 1.28 bits per heavy atom. The van der Waals surface area contributed by atoms with Crippen molar-refractivity contribution >= 4 is 6.09 Å². The lowest BCUT2D eigenvalue weighted by atomic mass is 10.0. The zero-order valence-corrected chi connectivity index (χ0v) is 24.4. The number of benzene rings is 2. The van der Waals surface area contributed by atoms with Gasteiger partial charge in [-0.25, -0.2) is 4.79 Å². The minimum absolute atomic E-state index is 0.114. The minimum Gasteiger partial charge on any atom is -0.445 e. The fraction of sp³-hybridized carbons (Fsp3) is 0.618. The molecule has 5 nitrogen and oxygen atoms in total. The third kappa shape index (κ3) is 17.0. The number of ether oxygens (including phenoxy) is 2. The van der Waals surface area contributed by atoms with Crippen molar-refractivity contribution in [3.05, 3.63) is 71.3 Å². The normalized spacial score (nSPS) is 11.8. The zero-order valence-electron chi connectivity index (χ0n) is 24.4. The summed E-state index contributed by atoms with van der Waals surface area (Å²) in [6, 6.07) is 18.2. The molecule has 0 bridgehead atoms. The van der Waals surface area contributed by atoms with Gasteiger partial charge >= 0.3 is 6.09 Å². The van der Waals surface area contributed by atoms with Gasteiger partial charge in [-0.3, -0.25) is 0 Å². The van der Waals surface area contributed by atoms with Crippen LogP contribution in [-0.4, -0.2) is 37.1 Å². The van der Waals surface area contributed by atoms with Crippen molar-refractivity contribution in [1.29, 1.82) is 0 Å². The Morgan fingerprint density at radius 1 is 0.744 bits per heavy atom. The van der Waals surface area contributed by atoms with Gasteiger partial charge in [0, 0.05) is 13.2 Å². The molecule has 2 N–H and O–H groups in total. The topological polar surface area (TPSA) is 67.8 Å². The van der Waals surface area contributed by atoms with Crippen molar-refractivity contribution in [1.82, 2.24) is 5.32 Å². The first-order chi connectivity index (χ1) is 19.2. The Hall–Kier alpha value is -2.37. The maximum Gasteiger partial charge on any atom is 0.407 e. The Morgan fingerprint density at radius 3 is 1.90 bits per heavy atom. The van der Waals surface area contributed by atoms with Crippen molar-refractivity contribution in [3.63, 3.8) is 0 Å². The van der Waals surface area contributed by atoms with Gasteiger partial charge in [-0.15, -0.1) is 0 Å². The van der Waals surface area contributed by atoms with Crippen LogP contribution in [0.3, 0.4) is 0 Å². The van der Waals surface area contributed by atoms with Crippen molar-refractivity contribution in [3.8, 4) is 0 Å². The van der Waals surface area contributed by atoms with E-state index in [9.17, 15) is 9.90 Å². The van der Waals surface area contributed by atoms with E-state index in [0.29, 0.717) is 6.61 Å². The number of nitrogens with one attached hydrogen (secondary N) is 1. The Labute approximate surface area is 237 Å². The molecule has 0 aliphatic carbocycles. The lowest BCUT2D eigenvalue weighted by molar-refractivity contribution is 0.0344. The summed E-state index contributed by atoms with van der Waals surface area (Å²) in [6.45, 7) is 3.45. The number of rotatable bonds is 23. The molecule has 0 saturated carbocycles. The highest BCUT2D eigenvalue weighted by atomic mass is 16.5. The van der Waals surface area contributed by atoms with E-state index < -0.39 is 12.2 Å². The van der Waals surface area contributed by atoms with Crippen molar-refractivity contribution in [2.24, 2.45) is 0 Å². The standard InChI is InChI=1S/C34H53NO4/c1-2-3-4-5-6-7-8-9-10-11-12-13-14-20-25-38-29-33(36)27-35-34(37)39-28-32-24-19-18-23-31(32)26-30-21-16-15-17-22-30/h15-19,21-24,33,36H,2-14,20,25-29H2,1H3,(H,35,37). The molecule has 0 radical (unpaired) electrons. The predicted molar refractivity (Wildman–Crippen MR) is 161 cm³/mol. The first kappa shape index (κ1) is 32.8. The van der Waals surface area contributed by atoms with Crippen LogP contribution < -0.4 is 5.32 Å². The van der Waals surface area contributed by atoms with Gasteiger partial charge in [-0.2, -0.15) is 0 Å². The zero-order chi connectivity index (χ0) is 27.8. The van der Waals surface area contributed by atoms with Gasteiger partial charge < -0.3 is 19.9 Å². The lowest BCUT2D eigenvalue weighted by Crippen LogP contribution is -2.35. The Balaban J connectivity index is 1.41. The van der Waals surface area contributed by atoms with Gasteiger partial charge in [0.1, 0.15) is 6.61 Å². The molecule has 5 heteroatoms. The molecule has 2 rings (SSSR count). The third-order valence-corrected chi connectivity index (χ3v) is 7.15. The quantitative estimate of drug-likeness (QED) is 0.139. The number of carbonyl (C=O) groups is 1. The number of hydrogen-bond donors (Lipinski definition) is 2. The number of carbonyl (C=O) groups excluding carboxylic acids is 1. The van der Waals surface area contributed by atoms with E-state index in [-0.39, 0.29) is 19.8 Å². The van der Waals surface area contributed by atoms with Crippen molar-refractivity contribution in [2.45, 2.75) is 116 Å². The molecule has 0 aliphatic heterocycles. The first-order valence-corrected chi connectivity index (χ1v) is 15.5. The number of aliphatic hydroxyl groups excluding tert-OH is 1. The highest BCUT2D eigenvalue weighted by molar-refractivity contribution is 5.67. The van der Waals surface area contributed by atoms with E-state index in [0.717, 1.165) is 24.0 Å². The second-order valence-electron chi connectivity index (χ2n) is 10.7. The highest BCUT2D eigenvalue weighted by Gasteiger charge is 2.10. The largest absolute Gasteiger partial charge is 0.445 e. The van der Waals surface area contributed by atoms with Crippen LogP contribution in [0.1, 0.15) is 114 Å². The number of amides is 1. The smallest absolute Gasteiger partial charge is 0.407 e. The summed E-state index contributed by atoms with van der Waals surface area (Å²) in [7, 11) is 0. The van der Waals surface area contributed by atoms with E-state index in [2.05, 4.69) is 30.4 Å². The van der Waals surface area contributed by atoms with Crippen LogP contribution in [0.2, 0.25) is 0 Å². The maximum atomic E-state index is 12.1. The monoisotopic (exact) mass is 539 g/mol.